The summed E-state index contributed by atoms with van der Waals surface area (Å²) in [7, 11) is 1.40. The topological polar surface area (TPSA) is 107 Å². The van der Waals surface area contributed by atoms with Crippen LogP contribution in [0.25, 0.3) is 27.7 Å². The number of halogens is 2. The van der Waals surface area contributed by atoms with Crippen molar-refractivity contribution >= 4 is 28.3 Å². The van der Waals surface area contributed by atoms with Gasteiger partial charge in [0.25, 0.3) is 5.56 Å². The van der Waals surface area contributed by atoms with Gasteiger partial charge < -0.3 is 4.74 Å². The molecule has 0 atom stereocenters. The Kier molecular flexibility index (Phi) is 7.26. The van der Waals surface area contributed by atoms with Crippen LogP contribution in [-0.4, -0.2) is 27.0 Å². The molecule has 5 aromatic rings. The zero-order valence-electron chi connectivity index (χ0n) is 22.2. The van der Waals surface area contributed by atoms with Gasteiger partial charge in [0.2, 0.25) is 0 Å². The number of nitrogens with zero attached hydrogens (tertiary/aromatic N) is 4. The van der Waals surface area contributed by atoms with Crippen LogP contribution in [0.15, 0.2) is 76.6 Å². The Morgan fingerprint density at radius 3 is 2.56 bits per heavy atom. The number of rotatable bonds is 6. The normalized spacial score (nSPS) is 10.9. The van der Waals surface area contributed by atoms with Crippen LogP contribution in [-0.2, 0) is 6.54 Å². The molecule has 0 aliphatic carbocycles. The van der Waals surface area contributed by atoms with E-state index in [1.54, 1.807) is 49.5 Å². The van der Waals surface area contributed by atoms with Crippen molar-refractivity contribution in [3.8, 4) is 28.6 Å². The molecule has 0 spiro atoms. The number of methoxy groups -OCH3 is 1. The fourth-order valence-electron chi connectivity index (χ4n) is 4.71. The highest BCUT2D eigenvalue weighted by Crippen LogP contribution is 2.35. The minimum Gasteiger partial charge on any atom is -0.496 e. The number of pyridine rings is 1. The van der Waals surface area contributed by atoms with E-state index in [0.29, 0.717) is 27.3 Å². The average Bonchev–Trinajstić information content (AvgIpc) is 2.95. The lowest BCUT2D eigenvalue weighted by Crippen LogP contribution is -2.39. The summed E-state index contributed by atoms with van der Waals surface area (Å²) in [4.78, 5) is 44.2. The number of ketones is 1. The van der Waals surface area contributed by atoms with Crippen LogP contribution in [0, 0.1) is 24.1 Å². The van der Waals surface area contributed by atoms with Gasteiger partial charge in [-0.25, -0.2) is 13.8 Å². The molecule has 10 heteroatoms. The molecular formula is C31H22ClFN4O4. The predicted molar refractivity (Wildman–Crippen MR) is 154 cm³/mol. The average molecular weight is 569 g/mol. The number of hydrogen-bond donors (Lipinski definition) is 0. The van der Waals surface area contributed by atoms with Crippen LogP contribution in [0.1, 0.15) is 34.0 Å². The fourth-order valence-corrected chi connectivity index (χ4v) is 4.94. The number of nitriles is 1. The van der Waals surface area contributed by atoms with Crippen molar-refractivity contribution in [2.45, 2.75) is 20.4 Å². The highest BCUT2D eigenvalue weighted by molar-refractivity contribution is 6.33. The molecule has 3 aromatic carbocycles. The summed E-state index contributed by atoms with van der Waals surface area (Å²) in [5.74, 6) is -0.674. The molecule has 0 amide bonds. The zero-order chi connectivity index (χ0) is 29.4. The number of benzene rings is 3. The Balaban J connectivity index is 1.89. The Bertz CT molecular complexity index is 2040. The largest absolute Gasteiger partial charge is 0.496 e. The maximum absolute atomic E-state index is 14.1. The van der Waals surface area contributed by atoms with E-state index in [-0.39, 0.29) is 40.2 Å². The van der Waals surface area contributed by atoms with Crippen molar-refractivity contribution in [1.29, 1.82) is 5.26 Å². The van der Waals surface area contributed by atoms with Gasteiger partial charge in [0.1, 0.15) is 23.0 Å². The van der Waals surface area contributed by atoms with Crippen LogP contribution in [0.5, 0.6) is 5.75 Å². The summed E-state index contributed by atoms with van der Waals surface area (Å²) in [6.45, 7) is 3.12. The van der Waals surface area contributed by atoms with E-state index in [4.69, 9.17) is 16.3 Å². The molecule has 5 rings (SSSR count). The second kappa shape index (κ2) is 10.8. The molecule has 2 heterocycles. The lowest BCUT2D eigenvalue weighted by atomic mass is 9.99. The molecule has 2 aromatic heterocycles. The van der Waals surface area contributed by atoms with Gasteiger partial charge in [0.15, 0.2) is 5.78 Å². The van der Waals surface area contributed by atoms with Gasteiger partial charge in [0, 0.05) is 22.3 Å². The standard InChI is InChI=1S/C31H22ClFN4O4/c1-17-8-23(15-35-14-17)37-30(39)29-27(36(31(37)40)16-19-4-7-26(33)22(9-19)13-34)11-21(12-28(29)41-3)24-10-20(18(2)38)5-6-25(24)32/h4-12,14-15H,16H2,1-3H3. The van der Waals surface area contributed by atoms with E-state index in [1.807, 2.05) is 6.07 Å². The summed E-state index contributed by atoms with van der Waals surface area (Å²) < 4.78 is 22.1. The van der Waals surface area contributed by atoms with Gasteiger partial charge in [-0.05, 0) is 79.1 Å². The zero-order valence-corrected chi connectivity index (χ0v) is 23.0. The monoisotopic (exact) mass is 568 g/mol. The lowest BCUT2D eigenvalue weighted by molar-refractivity contribution is 0.101. The first-order chi connectivity index (χ1) is 19.6. The predicted octanol–water partition coefficient (Wildman–Crippen LogP) is 5.45. The van der Waals surface area contributed by atoms with Crippen molar-refractivity contribution in [1.82, 2.24) is 14.1 Å². The van der Waals surface area contributed by atoms with E-state index >= 15 is 0 Å². The minimum atomic E-state index is -0.687. The third-order valence-corrected chi connectivity index (χ3v) is 7.06. The number of carbonyl (C=O) groups is 1. The van der Waals surface area contributed by atoms with Crippen molar-refractivity contribution < 1.29 is 13.9 Å². The van der Waals surface area contributed by atoms with Gasteiger partial charge >= 0.3 is 5.69 Å². The number of carbonyl (C=O) groups excluding carboxylic acids is 1. The lowest BCUT2D eigenvalue weighted by Gasteiger charge is -2.18. The van der Waals surface area contributed by atoms with Crippen molar-refractivity contribution in [3.63, 3.8) is 0 Å². The molecule has 0 saturated heterocycles. The summed E-state index contributed by atoms with van der Waals surface area (Å²) in [6, 6.07) is 15.5. The molecule has 0 bridgehead atoms. The van der Waals surface area contributed by atoms with E-state index < -0.39 is 17.1 Å². The maximum Gasteiger partial charge on any atom is 0.336 e. The maximum atomic E-state index is 14.1. The van der Waals surface area contributed by atoms with Crippen molar-refractivity contribution in [3.05, 3.63) is 121 Å². The van der Waals surface area contributed by atoms with Crippen LogP contribution in [0.4, 0.5) is 4.39 Å². The van der Waals surface area contributed by atoms with Crippen LogP contribution in [0.3, 0.4) is 0 Å². The molecule has 0 aliphatic heterocycles. The van der Waals surface area contributed by atoms with Gasteiger partial charge in [-0.15, -0.1) is 0 Å². The Morgan fingerprint density at radius 2 is 1.88 bits per heavy atom. The van der Waals surface area contributed by atoms with Gasteiger partial charge in [0.05, 0.1) is 36.6 Å². The van der Waals surface area contributed by atoms with Crippen molar-refractivity contribution in [2.75, 3.05) is 7.11 Å². The number of Topliss-reactive ketones (excluding diaryl/α,β-unsaturated/α-hetero) is 1. The van der Waals surface area contributed by atoms with E-state index in [1.165, 1.54) is 36.9 Å². The Morgan fingerprint density at radius 1 is 1.10 bits per heavy atom. The highest BCUT2D eigenvalue weighted by Gasteiger charge is 2.21. The first kappa shape index (κ1) is 27.5. The molecule has 0 N–H and O–H groups in total. The summed E-state index contributed by atoms with van der Waals surface area (Å²) in [6.07, 6.45) is 3.01. The SMILES string of the molecule is COc1cc(-c2cc(C(C)=O)ccc2Cl)cc2c1c(=O)n(-c1cncc(C)c1)c(=O)n2Cc1ccc(F)c(C#N)c1. The van der Waals surface area contributed by atoms with Crippen LogP contribution < -0.4 is 16.0 Å². The third kappa shape index (κ3) is 5.01. The fraction of sp³-hybridized carbons (Fsp3) is 0.129. The smallest absolute Gasteiger partial charge is 0.336 e. The minimum absolute atomic E-state index is 0.0996. The molecule has 41 heavy (non-hydrogen) atoms. The van der Waals surface area contributed by atoms with Crippen molar-refractivity contribution in [2.24, 2.45) is 0 Å². The summed E-state index contributed by atoms with van der Waals surface area (Å²) in [5, 5.41) is 9.80. The van der Waals surface area contributed by atoms with Gasteiger partial charge in [-0.1, -0.05) is 17.7 Å². The van der Waals surface area contributed by atoms with Gasteiger partial charge in [-0.2, -0.15) is 5.26 Å². The van der Waals surface area contributed by atoms with E-state index in [9.17, 15) is 24.0 Å². The molecule has 0 saturated carbocycles. The Hall–Kier alpha value is -5.07. The summed E-state index contributed by atoms with van der Waals surface area (Å²) >= 11 is 6.52. The molecular weight excluding hydrogens is 547 g/mol. The Labute approximate surface area is 238 Å². The molecule has 0 fully saturated rings. The first-order valence-electron chi connectivity index (χ1n) is 12.4. The second-order valence-corrected chi connectivity index (χ2v) is 9.89. The molecule has 8 nitrogen and oxygen atoms in total. The summed E-state index contributed by atoms with van der Waals surface area (Å²) in [5.41, 5.74) is 1.62. The van der Waals surface area contributed by atoms with E-state index in [2.05, 4.69) is 4.98 Å². The quantitative estimate of drug-likeness (QED) is 0.252. The highest BCUT2D eigenvalue weighted by atomic mass is 35.5. The number of ether oxygens (including phenoxy) is 1. The van der Waals surface area contributed by atoms with Crippen LogP contribution >= 0.6 is 11.6 Å². The number of fused-ring (bicyclic) bond motifs is 1. The van der Waals surface area contributed by atoms with Crippen LogP contribution in [0.2, 0.25) is 5.02 Å². The molecule has 0 aliphatic rings. The molecule has 0 radical (unpaired) electrons. The number of aryl methyl sites for hydroxylation is 1. The number of hydrogen-bond acceptors (Lipinski definition) is 6. The molecule has 0 unspecified atom stereocenters. The molecule has 204 valence electrons. The first-order valence-corrected chi connectivity index (χ1v) is 12.8. The second-order valence-electron chi connectivity index (χ2n) is 9.48. The third-order valence-electron chi connectivity index (χ3n) is 6.73. The van der Waals surface area contributed by atoms with E-state index in [0.717, 1.165) is 16.2 Å². The number of aromatic nitrogens is 3. The van der Waals surface area contributed by atoms with Gasteiger partial charge in [-0.3, -0.25) is 19.1 Å².